The monoisotopic (exact) mass is 256 g/mol. The maximum Gasteiger partial charge on any atom is 0.224 e. The molecule has 0 radical (unpaired) electrons. The molecule has 1 aliphatic carbocycles. The molecule has 1 N–H and O–H groups in total. The van der Waals surface area contributed by atoms with Crippen molar-refractivity contribution >= 4 is 23.4 Å². The second-order valence-corrected chi connectivity index (χ2v) is 4.44. The van der Waals surface area contributed by atoms with Crippen LogP contribution < -0.4 is 10.2 Å². The summed E-state index contributed by atoms with van der Waals surface area (Å²) < 4.78 is 5.12. The molecule has 0 spiro atoms. The van der Waals surface area contributed by atoms with Gasteiger partial charge >= 0.3 is 0 Å². The smallest absolute Gasteiger partial charge is 0.224 e. The van der Waals surface area contributed by atoms with Crippen LogP contribution in [0.1, 0.15) is 12.8 Å². The summed E-state index contributed by atoms with van der Waals surface area (Å²) in [5, 5.41) is 3.52. The van der Waals surface area contributed by atoms with Gasteiger partial charge in [0.2, 0.25) is 5.95 Å². The van der Waals surface area contributed by atoms with Crippen LogP contribution in [0.15, 0.2) is 6.20 Å². The first-order valence-electron chi connectivity index (χ1n) is 5.72. The number of nitrogens with zero attached hydrogens (tertiary/aromatic N) is 3. The van der Waals surface area contributed by atoms with Gasteiger partial charge in [-0.05, 0) is 12.8 Å². The fourth-order valence-electron chi connectivity index (χ4n) is 1.72. The third kappa shape index (κ3) is 2.98. The molecule has 1 aromatic heterocycles. The Hall–Kier alpha value is -1.07. The molecule has 1 aromatic rings. The van der Waals surface area contributed by atoms with E-state index in [0.717, 1.165) is 12.4 Å². The average molecular weight is 257 g/mol. The summed E-state index contributed by atoms with van der Waals surface area (Å²) in [7, 11) is 3.50. The van der Waals surface area contributed by atoms with E-state index in [1.807, 2.05) is 0 Å². The maximum atomic E-state index is 6.16. The first-order chi connectivity index (χ1) is 8.26. The molecule has 5 nitrogen and oxygen atoms in total. The topological polar surface area (TPSA) is 50.3 Å². The second-order valence-electron chi connectivity index (χ2n) is 4.03. The Kier molecular flexibility index (Phi) is 4.02. The zero-order valence-electron chi connectivity index (χ0n) is 10.1. The predicted molar refractivity (Wildman–Crippen MR) is 68.8 cm³/mol. The van der Waals surface area contributed by atoms with Crippen LogP contribution in [0.3, 0.4) is 0 Å². The normalized spacial score (nSPS) is 14.8. The summed E-state index contributed by atoms with van der Waals surface area (Å²) in [6, 6.07) is 0.544. The highest BCUT2D eigenvalue weighted by Crippen LogP contribution is 2.34. The molecule has 94 valence electrons. The molecule has 1 heterocycles. The Morgan fingerprint density at radius 1 is 1.59 bits per heavy atom. The van der Waals surface area contributed by atoms with Crippen molar-refractivity contribution in [1.82, 2.24) is 9.97 Å². The highest BCUT2D eigenvalue weighted by atomic mass is 35.5. The van der Waals surface area contributed by atoms with Crippen molar-refractivity contribution in [2.45, 2.75) is 18.9 Å². The summed E-state index contributed by atoms with van der Waals surface area (Å²) in [6.07, 6.45) is 4.02. The lowest BCUT2D eigenvalue weighted by molar-refractivity contribution is 0.204. The number of aromatic nitrogens is 2. The van der Waals surface area contributed by atoms with Gasteiger partial charge in [-0.15, -0.1) is 0 Å². The summed E-state index contributed by atoms with van der Waals surface area (Å²) >= 11 is 6.16. The van der Waals surface area contributed by atoms with Gasteiger partial charge in [0, 0.05) is 26.7 Å². The van der Waals surface area contributed by atoms with Crippen LogP contribution in [-0.2, 0) is 4.74 Å². The lowest BCUT2D eigenvalue weighted by atomic mass is 10.4. The first kappa shape index (κ1) is 12.4. The van der Waals surface area contributed by atoms with Gasteiger partial charge in [0.15, 0.2) is 5.82 Å². The van der Waals surface area contributed by atoms with Crippen molar-refractivity contribution in [2.75, 3.05) is 37.5 Å². The summed E-state index contributed by atoms with van der Waals surface area (Å²) in [5.74, 6) is 1.39. The van der Waals surface area contributed by atoms with E-state index in [1.54, 1.807) is 20.4 Å². The quantitative estimate of drug-likeness (QED) is 0.841. The van der Waals surface area contributed by atoms with E-state index in [1.165, 1.54) is 12.8 Å². The van der Waals surface area contributed by atoms with Crippen molar-refractivity contribution in [2.24, 2.45) is 0 Å². The molecule has 1 aliphatic rings. The Balaban J connectivity index is 2.21. The summed E-state index contributed by atoms with van der Waals surface area (Å²) in [5.41, 5.74) is 0. The molecule has 17 heavy (non-hydrogen) atoms. The van der Waals surface area contributed by atoms with Crippen LogP contribution in [-0.4, -0.2) is 43.3 Å². The number of methoxy groups -OCH3 is 1. The van der Waals surface area contributed by atoms with Crippen LogP contribution in [0, 0.1) is 0 Å². The van der Waals surface area contributed by atoms with E-state index in [4.69, 9.17) is 16.3 Å². The van der Waals surface area contributed by atoms with E-state index >= 15 is 0 Å². The Morgan fingerprint density at radius 3 is 2.94 bits per heavy atom. The molecule has 1 fully saturated rings. The Morgan fingerprint density at radius 2 is 2.35 bits per heavy atom. The number of anilines is 2. The SMILES string of the molecule is CNc1ncc(Cl)c(N(CCOC)C2CC2)n1. The molecule has 0 bridgehead atoms. The third-order valence-electron chi connectivity index (χ3n) is 2.75. The van der Waals surface area contributed by atoms with E-state index < -0.39 is 0 Å². The molecule has 2 rings (SSSR count). The van der Waals surface area contributed by atoms with Crippen LogP contribution in [0.25, 0.3) is 0 Å². The van der Waals surface area contributed by atoms with Crippen LogP contribution >= 0.6 is 11.6 Å². The second kappa shape index (κ2) is 5.51. The fourth-order valence-corrected chi connectivity index (χ4v) is 1.92. The number of hydrogen-bond acceptors (Lipinski definition) is 5. The minimum Gasteiger partial charge on any atom is -0.383 e. The number of hydrogen-bond donors (Lipinski definition) is 1. The lowest BCUT2D eigenvalue weighted by Gasteiger charge is -2.24. The van der Waals surface area contributed by atoms with Gasteiger partial charge in [0.1, 0.15) is 5.02 Å². The minimum absolute atomic E-state index is 0.544. The maximum absolute atomic E-state index is 6.16. The van der Waals surface area contributed by atoms with Crippen molar-refractivity contribution < 1.29 is 4.74 Å². The molecule has 0 amide bonds. The molecule has 0 aliphatic heterocycles. The molecular formula is C11H17ClN4O. The van der Waals surface area contributed by atoms with Crippen molar-refractivity contribution in [3.05, 3.63) is 11.2 Å². The Labute approximate surface area is 106 Å². The number of rotatable bonds is 6. The number of halogens is 1. The largest absolute Gasteiger partial charge is 0.383 e. The predicted octanol–water partition coefficient (Wildman–Crippen LogP) is 1.79. The van der Waals surface area contributed by atoms with E-state index in [0.29, 0.717) is 23.6 Å². The van der Waals surface area contributed by atoms with Crippen molar-refractivity contribution in [3.63, 3.8) is 0 Å². The van der Waals surface area contributed by atoms with Gasteiger partial charge in [0.25, 0.3) is 0 Å². The van der Waals surface area contributed by atoms with E-state index in [9.17, 15) is 0 Å². The molecular weight excluding hydrogens is 240 g/mol. The molecule has 1 saturated carbocycles. The van der Waals surface area contributed by atoms with Gasteiger partial charge in [-0.3, -0.25) is 0 Å². The fraction of sp³-hybridized carbons (Fsp3) is 0.636. The van der Waals surface area contributed by atoms with Gasteiger partial charge < -0.3 is 15.0 Å². The lowest BCUT2D eigenvalue weighted by Crippen LogP contribution is -2.30. The molecule has 0 atom stereocenters. The average Bonchev–Trinajstić information content (AvgIpc) is 3.16. The van der Waals surface area contributed by atoms with Crippen LogP contribution in [0.2, 0.25) is 5.02 Å². The number of ether oxygens (including phenoxy) is 1. The number of nitrogens with one attached hydrogen (secondary N) is 1. The van der Waals surface area contributed by atoms with Crippen LogP contribution in [0.5, 0.6) is 0 Å². The van der Waals surface area contributed by atoms with E-state index in [-0.39, 0.29) is 0 Å². The van der Waals surface area contributed by atoms with Gasteiger partial charge in [-0.25, -0.2) is 4.98 Å². The summed E-state index contributed by atoms with van der Waals surface area (Å²) in [4.78, 5) is 10.7. The zero-order chi connectivity index (χ0) is 12.3. The van der Waals surface area contributed by atoms with Gasteiger partial charge in [0.05, 0.1) is 12.8 Å². The molecule has 6 heteroatoms. The van der Waals surface area contributed by atoms with Gasteiger partial charge in [-0.1, -0.05) is 11.6 Å². The zero-order valence-corrected chi connectivity index (χ0v) is 10.9. The van der Waals surface area contributed by atoms with Crippen LogP contribution in [0.4, 0.5) is 11.8 Å². The van der Waals surface area contributed by atoms with Crippen molar-refractivity contribution in [3.8, 4) is 0 Å². The third-order valence-corrected chi connectivity index (χ3v) is 3.01. The standard InChI is InChI=1S/C11H17ClN4O/c1-13-11-14-7-9(12)10(15-11)16(5-6-17-2)8-3-4-8/h7-8H,3-6H2,1-2H3,(H,13,14,15). The highest BCUT2D eigenvalue weighted by molar-refractivity contribution is 6.32. The summed E-state index contributed by atoms with van der Waals surface area (Å²) in [6.45, 7) is 1.48. The molecule has 0 saturated heterocycles. The van der Waals surface area contributed by atoms with E-state index in [2.05, 4.69) is 20.2 Å². The molecule has 0 unspecified atom stereocenters. The van der Waals surface area contributed by atoms with Gasteiger partial charge in [-0.2, -0.15) is 4.98 Å². The highest BCUT2D eigenvalue weighted by Gasteiger charge is 2.31. The van der Waals surface area contributed by atoms with Crippen molar-refractivity contribution in [1.29, 1.82) is 0 Å². The Bertz CT molecular complexity index is 384. The first-order valence-corrected chi connectivity index (χ1v) is 6.10. The minimum atomic E-state index is 0.544. The molecule has 0 aromatic carbocycles.